The largest absolute Gasteiger partial charge is 0.399 e. The molecular formula is C14H20N2O2. The number of anilines is 1. The highest BCUT2D eigenvalue weighted by Crippen LogP contribution is 2.19. The number of rotatable bonds is 3. The van der Waals surface area contributed by atoms with Gasteiger partial charge < -0.3 is 15.8 Å². The average molecular weight is 248 g/mol. The van der Waals surface area contributed by atoms with Crippen molar-refractivity contribution in [3.05, 3.63) is 29.3 Å². The summed E-state index contributed by atoms with van der Waals surface area (Å²) in [5, 5.41) is 2.96. The summed E-state index contributed by atoms with van der Waals surface area (Å²) in [7, 11) is 0. The number of amides is 1. The van der Waals surface area contributed by atoms with E-state index in [1.807, 2.05) is 13.0 Å². The molecule has 0 aliphatic carbocycles. The molecule has 1 fully saturated rings. The van der Waals surface area contributed by atoms with E-state index < -0.39 is 0 Å². The van der Waals surface area contributed by atoms with Crippen molar-refractivity contribution < 1.29 is 9.53 Å². The van der Waals surface area contributed by atoms with Crippen LogP contribution in [0.5, 0.6) is 0 Å². The van der Waals surface area contributed by atoms with Crippen molar-refractivity contribution in [3.63, 3.8) is 0 Å². The first kappa shape index (κ1) is 12.9. The number of carbonyl (C=O) groups is 1. The van der Waals surface area contributed by atoms with Crippen LogP contribution < -0.4 is 11.1 Å². The first-order valence-electron chi connectivity index (χ1n) is 6.34. The highest BCUT2D eigenvalue weighted by atomic mass is 16.5. The van der Waals surface area contributed by atoms with Gasteiger partial charge in [-0.1, -0.05) is 6.07 Å². The van der Waals surface area contributed by atoms with Crippen LogP contribution in [-0.4, -0.2) is 25.2 Å². The zero-order chi connectivity index (χ0) is 13.1. The van der Waals surface area contributed by atoms with Crippen LogP contribution in [0.25, 0.3) is 0 Å². The third kappa shape index (κ3) is 2.82. The van der Waals surface area contributed by atoms with Crippen LogP contribution in [0.2, 0.25) is 0 Å². The van der Waals surface area contributed by atoms with Crippen LogP contribution in [0.1, 0.15) is 29.3 Å². The molecule has 2 rings (SSSR count). The van der Waals surface area contributed by atoms with Crippen LogP contribution in [0.15, 0.2) is 18.2 Å². The lowest BCUT2D eigenvalue weighted by atomic mass is 10.0. The van der Waals surface area contributed by atoms with E-state index in [-0.39, 0.29) is 12.0 Å². The topological polar surface area (TPSA) is 64.4 Å². The van der Waals surface area contributed by atoms with E-state index in [2.05, 4.69) is 12.2 Å². The Balaban J connectivity index is 1.97. The third-order valence-corrected chi connectivity index (χ3v) is 3.56. The van der Waals surface area contributed by atoms with Crippen molar-refractivity contribution in [3.8, 4) is 0 Å². The fourth-order valence-corrected chi connectivity index (χ4v) is 2.25. The SMILES string of the molecule is Cc1ccc(N)cc1C(=O)NCC1CCOC1C. The van der Waals surface area contributed by atoms with Gasteiger partial charge in [-0.3, -0.25) is 4.79 Å². The lowest BCUT2D eigenvalue weighted by Crippen LogP contribution is -2.32. The van der Waals surface area contributed by atoms with Gasteiger partial charge in [-0.15, -0.1) is 0 Å². The molecule has 98 valence electrons. The fourth-order valence-electron chi connectivity index (χ4n) is 2.25. The summed E-state index contributed by atoms with van der Waals surface area (Å²) in [5.41, 5.74) is 7.92. The van der Waals surface area contributed by atoms with Gasteiger partial charge in [0, 0.05) is 30.3 Å². The van der Waals surface area contributed by atoms with Gasteiger partial charge in [0.2, 0.25) is 0 Å². The quantitative estimate of drug-likeness (QED) is 0.801. The monoisotopic (exact) mass is 248 g/mol. The lowest BCUT2D eigenvalue weighted by Gasteiger charge is -2.15. The molecule has 1 aromatic carbocycles. The van der Waals surface area contributed by atoms with Crippen LogP contribution in [0.3, 0.4) is 0 Å². The number of nitrogens with one attached hydrogen (secondary N) is 1. The standard InChI is InChI=1S/C14H20N2O2/c1-9-3-4-12(15)7-13(9)14(17)16-8-11-5-6-18-10(11)2/h3-4,7,10-11H,5-6,8,15H2,1-2H3,(H,16,17). The number of hydrogen-bond donors (Lipinski definition) is 2. The second kappa shape index (κ2) is 5.40. The number of hydrogen-bond acceptors (Lipinski definition) is 3. The molecule has 0 spiro atoms. The number of benzene rings is 1. The van der Waals surface area contributed by atoms with Crippen LogP contribution in [0.4, 0.5) is 5.69 Å². The summed E-state index contributed by atoms with van der Waals surface area (Å²) >= 11 is 0. The molecule has 1 aromatic rings. The van der Waals surface area contributed by atoms with Crippen molar-refractivity contribution in [1.82, 2.24) is 5.32 Å². The predicted octanol–water partition coefficient (Wildman–Crippen LogP) is 1.73. The van der Waals surface area contributed by atoms with E-state index in [1.165, 1.54) is 0 Å². The van der Waals surface area contributed by atoms with E-state index in [1.54, 1.807) is 12.1 Å². The molecule has 1 aliphatic heterocycles. The van der Waals surface area contributed by atoms with Crippen molar-refractivity contribution in [2.45, 2.75) is 26.4 Å². The fraction of sp³-hybridized carbons (Fsp3) is 0.500. The summed E-state index contributed by atoms with van der Waals surface area (Å²) in [6.45, 7) is 5.42. The van der Waals surface area contributed by atoms with Crippen molar-refractivity contribution >= 4 is 11.6 Å². The molecular weight excluding hydrogens is 228 g/mol. The van der Waals surface area contributed by atoms with Gasteiger partial charge in [-0.2, -0.15) is 0 Å². The number of nitrogens with two attached hydrogens (primary N) is 1. The van der Waals surface area contributed by atoms with Crippen LogP contribution in [-0.2, 0) is 4.74 Å². The maximum absolute atomic E-state index is 12.1. The Kier molecular flexibility index (Phi) is 3.87. The van der Waals surface area contributed by atoms with Gasteiger partial charge >= 0.3 is 0 Å². The minimum Gasteiger partial charge on any atom is -0.399 e. The lowest BCUT2D eigenvalue weighted by molar-refractivity contribution is 0.0907. The first-order chi connectivity index (χ1) is 8.58. The molecule has 4 heteroatoms. The van der Waals surface area contributed by atoms with E-state index in [0.29, 0.717) is 23.7 Å². The summed E-state index contributed by atoms with van der Waals surface area (Å²) in [5.74, 6) is 0.356. The molecule has 2 unspecified atom stereocenters. The van der Waals surface area contributed by atoms with Gasteiger partial charge in [0.1, 0.15) is 0 Å². The number of ether oxygens (including phenoxy) is 1. The number of aryl methyl sites for hydroxylation is 1. The molecule has 0 saturated carbocycles. The molecule has 0 bridgehead atoms. The molecule has 1 amide bonds. The van der Waals surface area contributed by atoms with E-state index in [9.17, 15) is 4.79 Å². The first-order valence-corrected chi connectivity index (χ1v) is 6.34. The smallest absolute Gasteiger partial charge is 0.251 e. The number of nitrogen functional groups attached to an aromatic ring is 1. The highest BCUT2D eigenvalue weighted by Gasteiger charge is 2.24. The summed E-state index contributed by atoms with van der Waals surface area (Å²) < 4.78 is 5.47. The molecule has 0 aromatic heterocycles. The molecule has 1 aliphatic rings. The van der Waals surface area contributed by atoms with Crippen LogP contribution >= 0.6 is 0 Å². The van der Waals surface area contributed by atoms with Gasteiger partial charge in [0.05, 0.1) is 6.10 Å². The van der Waals surface area contributed by atoms with Crippen molar-refractivity contribution in [1.29, 1.82) is 0 Å². The van der Waals surface area contributed by atoms with E-state index in [4.69, 9.17) is 10.5 Å². The molecule has 1 heterocycles. The second-order valence-corrected chi connectivity index (χ2v) is 4.91. The normalized spacial score (nSPS) is 23.0. The van der Waals surface area contributed by atoms with Gasteiger partial charge in [-0.05, 0) is 38.0 Å². The third-order valence-electron chi connectivity index (χ3n) is 3.56. The summed E-state index contributed by atoms with van der Waals surface area (Å²) in [6, 6.07) is 5.39. The van der Waals surface area contributed by atoms with Gasteiger partial charge in [0.15, 0.2) is 0 Å². The zero-order valence-corrected chi connectivity index (χ0v) is 10.9. The summed E-state index contributed by atoms with van der Waals surface area (Å²) in [6.07, 6.45) is 1.24. The minimum atomic E-state index is -0.0566. The maximum atomic E-state index is 12.1. The zero-order valence-electron chi connectivity index (χ0n) is 10.9. The van der Waals surface area contributed by atoms with E-state index >= 15 is 0 Å². The Morgan fingerprint density at radius 2 is 2.33 bits per heavy atom. The molecule has 1 saturated heterocycles. The van der Waals surface area contributed by atoms with Crippen LogP contribution in [0, 0.1) is 12.8 Å². The van der Waals surface area contributed by atoms with Gasteiger partial charge in [-0.25, -0.2) is 0 Å². The van der Waals surface area contributed by atoms with E-state index in [0.717, 1.165) is 18.6 Å². The summed E-state index contributed by atoms with van der Waals surface area (Å²) in [4.78, 5) is 12.1. The predicted molar refractivity (Wildman–Crippen MR) is 71.4 cm³/mol. The Hall–Kier alpha value is -1.55. The van der Waals surface area contributed by atoms with Gasteiger partial charge in [0.25, 0.3) is 5.91 Å². The molecule has 18 heavy (non-hydrogen) atoms. The molecule has 0 radical (unpaired) electrons. The maximum Gasteiger partial charge on any atom is 0.251 e. The van der Waals surface area contributed by atoms with Crippen molar-refractivity contribution in [2.24, 2.45) is 5.92 Å². The Bertz CT molecular complexity index is 445. The molecule has 4 nitrogen and oxygen atoms in total. The highest BCUT2D eigenvalue weighted by molar-refractivity contribution is 5.96. The Morgan fingerprint density at radius 3 is 3.00 bits per heavy atom. The Morgan fingerprint density at radius 1 is 1.56 bits per heavy atom. The Labute approximate surface area is 108 Å². The average Bonchev–Trinajstić information content (AvgIpc) is 2.75. The number of carbonyl (C=O) groups excluding carboxylic acids is 1. The van der Waals surface area contributed by atoms with Crippen molar-refractivity contribution in [2.75, 3.05) is 18.9 Å². The second-order valence-electron chi connectivity index (χ2n) is 4.91. The molecule has 2 atom stereocenters. The minimum absolute atomic E-state index is 0.0566. The molecule has 3 N–H and O–H groups in total.